The molecule has 0 spiro atoms. The lowest BCUT2D eigenvalue weighted by atomic mass is 9.91. The molecule has 6 nitrogen and oxygen atoms in total. The quantitative estimate of drug-likeness (QED) is 0.269. The standard InChI is InChI=1S/C28H46N2O4/c1-3-33-28(31)24-10-12-25(13-11-24)29-18-20-30(21-19-29)26-14-16-27(17-15-26)34-23-9-7-5-4-6-8-22-32-2/h10-13,26-27H,3-9,14-23H2,1-2H3. The van der Waals surface area contributed by atoms with Crippen molar-refractivity contribution in [3.63, 3.8) is 0 Å². The summed E-state index contributed by atoms with van der Waals surface area (Å²) in [5, 5.41) is 0. The van der Waals surface area contributed by atoms with Crippen LogP contribution in [-0.2, 0) is 14.2 Å². The minimum atomic E-state index is -0.243. The fourth-order valence-corrected chi connectivity index (χ4v) is 5.25. The number of rotatable bonds is 14. The topological polar surface area (TPSA) is 51.2 Å². The lowest BCUT2D eigenvalue weighted by Gasteiger charge is -2.42. The first kappa shape index (κ1) is 27.0. The van der Waals surface area contributed by atoms with Gasteiger partial charge in [-0.15, -0.1) is 0 Å². The van der Waals surface area contributed by atoms with E-state index < -0.39 is 0 Å². The summed E-state index contributed by atoms with van der Waals surface area (Å²) >= 11 is 0. The lowest BCUT2D eigenvalue weighted by Crippen LogP contribution is -2.51. The van der Waals surface area contributed by atoms with Crippen LogP contribution in [0.1, 0.15) is 81.5 Å². The zero-order chi connectivity index (χ0) is 24.0. The van der Waals surface area contributed by atoms with Gasteiger partial charge in [0.05, 0.1) is 18.3 Å². The van der Waals surface area contributed by atoms with Crippen LogP contribution in [0.2, 0.25) is 0 Å². The van der Waals surface area contributed by atoms with E-state index >= 15 is 0 Å². The number of carbonyl (C=O) groups is 1. The smallest absolute Gasteiger partial charge is 0.338 e. The fourth-order valence-electron chi connectivity index (χ4n) is 5.25. The molecule has 0 aromatic heterocycles. The number of anilines is 1. The molecule has 2 fully saturated rings. The largest absolute Gasteiger partial charge is 0.462 e. The molecule has 34 heavy (non-hydrogen) atoms. The van der Waals surface area contributed by atoms with Crippen LogP contribution < -0.4 is 4.90 Å². The van der Waals surface area contributed by atoms with E-state index in [2.05, 4.69) is 9.80 Å². The van der Waals surface area contributed by atoms with Gasteiger partial charge in [0.25, 0.3) is 0 Å². The maximum absolute atomic E-state index is 11.9. The molecule has 1 aliphatic heterocycles. The van der Waals surface area contributed by atoms with Gasteiger partial charge in [-0.1, -0.05) is 25.7 Å². The van der Waals surface area contributed by atoms with Gasteiger partial charge in [0, 0.05) is 58.2 Å². The molecule has 3 rings (SSSR count). The Kier molecular flexibility index (Phi) is 12.2. The number of piperazine rings is 1. The van der Waals surface area contributed by atoms with Crippen LogP contribution in [0.5, 0.6) is 0 Å². The van der Waals surface area contributed by atoms with Crippen molar-refractivity contribution in [3.8, 4) is 0 Å². The number of carbonyl (C=O) groups excluding carboxylic acids is 1. The summed E-state index contributed by atoms with van der Waals surface area (Å²) in [7, 11) is 1.78. The maximum atomic E-state index is 11.9. The second kappa shape index (κ2) is 15.4. The van der Waals surface area contributed by atoms with Crippen LogP contribution in [0.3, 0.4) is 0 Å². The molecule has 1 saturated heterocycles. The molecule has 1 aromatic rings. The molecule has 1 saturated carbocycles. The zero-order valence-corrected chi connectivity index (χ0v) is 21.5. The third-order valence-corrected chi connectivity index (χ3v) is 7.31. The molecule has 6 heteroatoms. The highest BCUT2D eigenvalue weighted by atomic mass is 16.5. The molecular weight excluding hydrogens is 428 g/mol. The predicted molar refractivity (Wildman–Crippen MR) is 138 cm³/mol. The number of ether oxygens (including phenoxy) is 3. The number of hydrogen-bond donors (Lipinski definition) is 0. The first-order valence-electron chi connectivity index (χ1n) is 13.6. The summed E-state index contributed by atoms with van der Waals surface area (Å²) in [5.41, 5.74) is 1.82. The van der Waals surface area contributed by atoms with E-state index in [-0.39, 0.29) is 5.97 Å². The SMILES string of the molecule is CCOC(=O)c1ccc(N2CCN(C3CCC(OCCCCCCCCOC)CC3)CC2)cc1. The van der Waals surface area contributed by atoms with Crippen LogP contribution >= 0.6 is 0 Å². The number of esters is 1. The number of unbranched alkanes of at least 4 members (excludes halogenated alkanes) is 5. The summed E-state index contributed by atoms with van der Waals surface area (Å²) in [5.74, 6) is -0.243. The van der Waals surface area contributed by atoms with Gasteiger partial charge in [-0.05, 0) is 69.7 Å². The van der Waals surface area contributed by atoms with Crippen LogP contribution in [0.4, 0.5) is 5.69 Å². The van der Waals surface area contributed by atoms with Gasteiger partial charge in [0.2, 0.25) is 0 Å². The van der Waals surface area contributed by atoms with Gasteiger partial charge in [0.15, 0.2) is 0 Å². The van der Waals surface area contributed by atoms with Gasteiger partial charge in [-0.3, -0.25) is 4.90 Å². The van der Waals surface area contributed by atoms with Crippen molar-refractivity contribution >= 4 is 11.7 Å². The number of hydrogen-bond acceptors (Lipinski definition) is 6. The average molecular weight is 475 g/mol. The van der Waals surface area contributed by atoms with Gasteiger partial charge in [-0.25, -0.2) is 4.79 Å². The predicted octanol–water partition coefficient (Wildman–Crippen LogP) is 5.30. The Bertz CT molecular complexity index is 680. The van der Waals surface area contributed by atoms with E-state index in [1.165, 1.54) is 69.9 Å². The Balaban J connectivity index is 1.26. The average Bonchev–Trinajstić information content (AvgIpc) is 2.88. The molecule has 0 N–H and O–H groups in total. The van der Waals surface area contributed by atoms with E-state index in [0.29, 0.717) is 24.3 Å². The molecule has 0 amide bonds. The second-order valence-electron chi connectivity index (χ2n) is 9.71. The van der Waals surface area contributed by atoms with Crippen molar-refractivity contribution in [3.05, 3.63) is 29.8 Å². The Morgan fingerprint density at radius 1 is 0.853 bits per heavy atom. The van der Waals surface area contributed by atoms with Gasteiger partial charge >= 0.3 is 5.97 Å². The van der Waals surface area contributed by atoms with Crippen LogP contribution in [0.15, 0.2) is 24.3 Å². The highest BCUT2D eigenvalue weighted by Crippen LogP contribution is 2.27. The van der Waals surface area contributed by atoms with Gasteiger partial charge in [-0.2, -0.15) is 0 Å². The number of methoxy groups -OCH3 is 1. The third kappa shape index (κ3) is 8.86. The molecule has 192 valence electrons. The minimum Gasteiger partial charge on any atom is -0.462 e. The molecule has 2 aliphatic rings. The molecule has 0 atom stereocenters. The zero-order valence-electron chi connectivity index (χ0n) is 21.5. The van der Waals surface area contributed by atoms with E-state index in [9.17, 15) is 4.79 Å². The van der Waals surface area contributed by atoms with Crippen molar-refractivity contribution in [1.29, 1.82) is 0 Å². The van der Waals surface area contributed by atoms with Gasteiger partial charge in [0.1, 0.15) is 0 Å². The lowest BCUT2D eigenvalue weighted by molar-refractivity contribution is 0.00475. The van der Waals surface area contributed by atoms with Crippen LogP contribution in [0.25, 0.3) is 0 Å². The van der Waals surface area contributed by atoms with Crippen molar-refractivity contribution in [2.45, 2.75) is 83.3 Å². The summed E-state index contributed by atoms with van der Waals surface area (Å²) in [4.78, 5) is 17.0. The van der Waals surface area contributed by atoms with Crippen molar-refractivity contribution in [2.24, 2.45) is 0 Å². The van der Waals surface area contributed by atoms with E-state index in [0.717, 1.165) is 39.4 Å². The fraction of sp³-hybridized carbons (Fsp3) is 0.750. The molecule has 1 heterocycles. The Labute approximate surface area is 206 Å². The molecule has 0 radical (unpaired) electrons. The molecule has 1 aliphatic carbocycles. The summed E-state index contributed by atoms with van der Waals surface area (Å²) in [6.45, 7) is 8.38. The van der Waals surface area contributed by atoms with E-state index in [1.54, 1.807) is 7.11 Å². The molecule has 0 unspecified atom stereocenters. The molecule has 0 bridgehead atoms. The molecular formula is C28H46N2O4. The van der Waals surface area contributed by atoms with Crippen molar-refractivity contribution in [2.75, 3.05) is 58.0 Å². The second-order valence-corrected chi connectivity index (χ2v) is 9.71. The highest BCUT2D eigenvalue weighted by molar-refractivity contribution is 5.89. The minimum absolute atomic E-state index is 0.243. The summed E-state index contributed by atoms with van der Waals surface area (Å²) in [6.07, 6.45) is 13.0. The molecule has 1 aromatic carbocycles. The Morgan fingerprint density at radius 3 is 2.09 bits per heavy atom. The maximum Gasteiger partial charge on any atom is 0.338 e. The Morgan fingerprint density at radius 2 is 1.47 bits per heavy atom. The summed E-state index contributed by atoms with van der Waals surface area (Å²) < 4.78 is 16.4. The van der Waals surface area contributed by atoms with Crippen LogP contribution in [0, 0.1) is 0 Å². The van der Waals surface area contributed by atoms with E-state index in [4.69, 9.17) is 14.2 Å². The summed E-state index contributed by atoms with van der Waals surface area (Å²) in [6, 6.07) is 8.56. The van der Waals surface area contributed by atoms with Crippen molar-refractivity contribution < 1.29 is 19.0 Å². The Hall–Kier alpha value is -1.63. The van der Waals surface area contributed by atoms with Crippen LogP contribution in [-0.4, -0.2) is 76.1 Å². The number of nitrogens with zero attached hydrogens (tertiary/aromatic N) is 2. The first-order chi connectivity index (χ1) is 16.7. The van der Waals surface area contributed by atoms with Crippen molar-refractivity contribution in [1.82, 2.24) is 4.90 Å². The normalized spacial score (nSPS) is 21.5. The first-order valence-corrected chi connectivity index (χ1v) is 13.6. The third-order valence-electron chi connectivity index (χ3n) is 7.31. The highest BCUT2D eigenvalue weighted by Gasteiger charge is 2.28. The van der Waals surface area contributed by atoms with E-state index in [1.807, 2.05) is 31.2 Å². The monoisotopic (exact) mass is 474 g/mol. The van der Waals surface area contributed by atoms with Gasteiger partial charge < -0.3 is 19.1 Å². The number of benzene rings is 1.